The molecule has 0 aliphatic carbocycles. The van der Waals surface area contributed by atoms with Crippen LogP contribution >= 0.6 is 0 Å². The molecule has 5 nitrogen and oxygen atoms in total. The van der Waals surface area contributed by atoms with Crippen molar-refractivity contribution in [3.63, 3.8) is 0 Å². The predicted octanol–water partition coefficient (Wildman–Crippen LogP) is 3.10. The maximum atomic E-state index is 13.6. The van der Waals surface area contributed by atoms with Crippen LogP contribution in [-0.4, -0.2) is 28.1 Å². The normalized spacial score (nSPS) is 14.6. The van der Waals surface area contributed by atoms with Crippen LogP contribution in [0.15, 0.2) is 16.9 Å². The topological polar surface area (TPSA) is 62.4 Å². The third kappa shape index (κ3) is 2.98. The second-order valence-corrected chi connectivity index (χ2v) is 6.88. The summed E-state index contributed by atoms with van der Waals surface area (Å²) in [5.74, 6) is -2.05. The molecule has 1 aromatic carbocycles. The second kappa shape index (κ2) is 5.58. The molecule has 0 radical (unpaired) electrons. The summed E-state index contributed by atoms with van der Waals surface area (Å²) in [6.07, 6.45) is -0.0493. The van der Waals surface area contributed by atoms with Crippen molar-refractivity contribution in [2.75, 3.05) is 6.54 Å². The Morgan fingerprint density at radius 1 is 1.21 bits per heavy atom. The first-order chi connectivity index (χ1) is 11.2. The van der Waals surface area contributed by atoms with Gasteiger partial charge in [0.1, 0.15) is 5.60 Å². The standard InChI is InChI=1S/C17H18F2N2O3/c1-17(2,3)24-16(23)21-5-4-9-10-6-12(18)13(19)7-11(10)15(22)20-14(9)8-21/h6-7H,4-5,8H2,1-3H3,(H,20,22). The van der Waals surface area contributed by atoms with Crippen LogP contribution in [0.5, 0.6) is 0 Å². The smallest absolute Gasteiger partial charge is 0.410 e. The number of carbonyl (C=O) groups excluding carboxylic acids is 1. The van der Waals surface area contributed by atoms with Gasteiger partial charge in [0.2, 0.25) is 0 Å². The minimum absolute atomic E-state index is 0.110. The molecule has 0 spiro atoms. The molecule has 0 saturated carbocycles. The number of aromatic nitrogens is 1. The van der Waals surface area contributed by atoms with Gasteiger partial charge in [0.25, 0.3) is 5.56 Å². The number of ether oxygens (including phenoxy) is 1. The van der Waals surface area contributed by atoms with Gasteiger partial charge in [-0.25, -0.2) is 13.6 Å². The Morgan fingerprint density at radius 2 is 1.83 bits per heavy atom. The molecule has 1 aromatic heterocycles. The molecule has 2 heterocycles. The van der Waals surface area contributed by atoms with Crippen molar-refractivity contribution in [1.82, 2.24) is 9.88 Å². The van der Waals surface area contributed by atoms with E-state index >= 15 is 0 Å². The SMILES string of the molecule is CC(C)(C)OC(=O)N1CCc2c([nH]c(=O)c3cc(F)c(F)cc23)C1. The monoisotopic (exact) mass is 336 g/mol. The first-order valence-electron chi connectivity index (χ1n) is 7.66. The summed E-state index contributed by atoms with van der Waals surface area (Å²) in [5.41, 5.74) is 0.127. The average molecular weight is 336 g/mol. The molecular formula is C17H18F2N2O3. The number of pyridine rings is 1. The van der Waals surface area contributed by atoms with Crippen LogP contribution in [0.3, 0.4) is 0 Å². The number of aromatic amines is 1. The van der Waals surface area contributed by atoms with E-state index in [1.54, 1.807) is 20.8 Å². The first-order valence-corrected chi connectivity index (χ1v) is 7.66. The molecule has 7 heteroatoms. The lowest BCUT2D eigenvalue weighted by Gasteiger charge is -2.31. The van der Waals surface area contributed by atoms with E-state index in [0.29, 0.717) is 24.0 Å². The van der Waals surface area contributed by atoms with E-state index in [4.69, 9.17) is 4.74 Å². The van der Waals surface area contributed by atoms with Crippen LogP contribution < -0.4 is 5.56 Å². The van der Waals surface area contributed by atoms with Gasteiger partial charge in [-0.2, -0.15) is 0 Å². The van der Waals surface area contributed by atoms with E-state index in [1.165, 1.54) is 4.90 Å². The number of nitrogens with zero attached hydrogens (tertiary/aromatic N) is 1. The maximum Gasteiger partial charge on any atom is 0.410 e. The fraction of sp³-hybridized carbons (Fsp3) is 0.412. The van der Waals surface area contributed by atoms with E-state index < -0.39 is 28.9 Å². The average Bonchev–Trinajstić information content (AvgIpc) is 2.47. The van der Waals surface area contributed by atoms with Crippen molar-refractivity contribution in [3.8, 4) is 0 Å². The van der Waals surface area contributed by atoms with Gasteiger partial charge in [-0.15, -0.1) is 0 Å². The number of hydrogen-bond donors (Lipinski definition) is 1. The molecule has 1 N–H and O–H groups in total. The molecule has 1 aliphatic heterocycles. The zero-order chi connectivity index (χ0) is 17.6. The van der Waals surface area contributed by atoms with Crippen LogP contribution in [0, 0.1) is 11.6 Å². The van der Waals surface area contributed by atoms with E-state index in [9.17, 15) is 18.4 Å². The number of fused-ring (bicyclic) bond motifs is 3. The van der Waals surface area contributed by atoms with E-state index in [1.807, 2.05) is 0 Å². The lowest BCUT2D eigenvalue weighted by Crippen LogP contribution is -2.40. The highest BCUT2D eigenvalue weighted by molar-refractivity contribution is 5.86. The van der Waals surface area contributed by atoms with Crippen LogP contribution in [0.4, 0.5) is 13.6 Å². The Hall–Kier alpha value is -2.44. The van der Waals surface area contributed by atoms with E-state index in [2.05, 4.69) is 4.98 Å². The Morgan fingerprint density at radius 3 is 2.46 bits per heavy atom. The van der Waals surface area contributed by atoms with Gasteiger partial charge in [-0.05, 0) is 50.3 Å². The third-order valence-corrected chi connectivity index (χ3v) is 3.89. The Labute approximate surface area is 137 Å². The van der Waals surface area contributed by atoms with Gasteiger partial charge in [0.15, 0.2) is 11.6 Å². The zero-order valence-corrected chi connectivity index (χ0v) is 13.7. The van der Waals surface area contributed by atoms with Crippen LogP contribution in [0.2, 0.25) is 0 Å². The molecular weight excluding hydrogens is 318 g/mol. The molecule has 128 valence electrons. The Bertz CT molecular complexity index is 884. The van der Waals surface area contributed by atoms with Crippen molar-refractivity contribution in [3.05, 3.63) is 45.4 Å². The van der Waals surface area contributed by atoms with Crippen LogP contribution in [0.25, 0.3) is 10.8 Å². The highest BCUT2D eigenvalue weighted by Gasteiger charge is 2.27. The number of halogens is 2. The van der Waals surface area contributed by atoms with Crippen molar-refractivity contribution < 1.29 is 18.3 Å². The molecule has 2 aromatic rings. The van der Waals surface area contributed by atoms with Crippen LogP contribution in [-0.2, 0) is 17.7 Å². The van der Waals surface area contributed by atoms with Crippen molar-refractivity contribution in [2.24, 2.45) is 0 Å². The van der Waals surface area contributed by atoms with Gasteiger partial charge in [-0.1, -0.05) is 0 Å². The summed E-state index contributed by atoms with van der Waals surface area (Å²) in [6, 6.07) is 1.95. The van der Waals surface area contributed by atoms with Gasteiger partial charge in [0, 0.05) is 12.2 Å². The number of H-pyrrole nitrogens is 1. The Balaban J connectivity index is 2.00. The summed E-state index contributed by atoms with van der Waals surface area (Å²) < 4.78 is 32.3. The van der Waals surface area contributed by atoms with Crippen LogP contribution in [0.1, 0.15) is 32.0 Å². The summed E-state index contributed by atoms with van der Waals surface area (Å²) in [4.78, 5) is 28.5. The second-order valence-electron chi connectivity index (χ2n) is 6.88. The highest BCUT2D eigenvalue weighted by Crippen LogP contribution is 2.26. The summed E-state index contributed by atoms with van der Waals surface area (Å²) in [7, 11) is 0. The number of hydrogen-bond acceptors (Lipinski definition) is 3. The van der Waals surface area contributed by atoms with Gasteiger partial charge >= 0.3 is 6.09 Å². The molecule has 0 bridgehead atoms. The first kappa shape index (κ1) is 16.4. The fourth-order valence-corrected chi connectivity index (χ4v) is 2.85. The lowest BCUT2D eigenvalue weighted by atomic mass is 9.98. The molecule has 0 fully saturated rings. The molecule has 1 aliphatic rings. The van der Waals surface area contributed by atoms with Gasteiger partial charge in [-0.3, -0.25) is 4.79 Å². The molecule has 0 atom stereocenters. The number of benzene rings is 1. The predicted molar refractivity (Wildman–Crippen MR) is 84.8 cm³/mol. The number of amides is 1. The van der Waals surface area contributed by atoms with Crippen molar-refractivity contribution >= 4 is 16.9 Å². The number of carbonyl (C=O) groups is 1. The molecule has 1 amide bonds. The number of rotatable bonds is 0. The summed E-state index contributed by atoms with van der Waals surface area (Å²) in [5, 5.41) is 0.495. The van der Waals surface area contributed by atoms with Gasteiger partial charge in [0.05, 0.1) is 11.9 Å². The summed E-state index contributed by atoms with van der Waals surface area (Å²) >= 11 is 0. The van der Waals surface area contributed by atoms with Gasteiger partial charge < -0.3 is 14.6 Å². The zero-order valence-electron chi connectivity index (χ0n) is 13.7. The summed E-state index contributed by atoms with van der Waals surface area (Å²) in [6.45, 7) is 5.86. The minimum Gasteiger partial charge on any atom is -0.444 e. The van der Waals surface area contributed by atoms with Crippen molar-refractivity contribution in [2.45, 2.75) is 39.3 Å². The largest absolute Gasteiger partial charge is 0.444 e. The molecule has 0 saturated heterocycles. The molecule has 3 rings (SSSR count). The fourth-order valence-electron chi connectivity index (χ4n) is 2.85. The third-order valence-electron chi connectivity index (χ3n) is 3.89. The quantitative estimate of drug-likeness (QED) is 0.804. The molecule has 0 unspecified atom stereocenters. The Kier molecular flexibility index (Phi) is 3.81. The highest BCUT2D eigenvalue weighted by atomic mass is 19.2. The molecule has 24 heavy (non-hydrogen) atoms. The number of nitrogens with one attached hydrogen (secondary N) is 1. The van der Waals surface area contributed by atoms with E-state index in [-0.39, 0.29) is 11.9 Å². The lowest BCUT2D eigenvalue weighted by molar-refractivity contribution is 0.0221. The minimum atomic E-state index is -1.06. The van der Waals surface area contributed by atoms with E-state index in [0.717, 1.165) is 17.7 Å². The van der Waals surface area contributed by atoms with Crippen molar-refractivity contribution in [1.29, 1.82) is 0 Å². The maximum absolute atomic E-state index is 13.6.